The molecule has 1 atom stereocenters. The summed E-state index contributed by atoms with van der Waals surface area (Å²) >= 11 is 6.23. The van der Waals surface area contributed by atoms with Crippen molar-refractivity contribution in [3.05, 3.63) is 53.1 Å². The molecule has 2 fully saturated rings. The second kappa shape index (κ2) is 9.19. The Bertz CT molecular complexity index is 1130. The summed E-state index contributed by atoms with van der Waals surface area (Å²) in [6.07, 6.45) is 0.0725. The van der Waals surface area contributed by atoms with E-state index in [9.17, 15) is 18.0 Å². The van der Waals surface area contributed by atoms with E-state index in [1.807, 2.05) is 31.2 Å². The smallest absolute Gasteiger partial charge is 0.243 e. The van der Waals surface area contributed by atoms with Gasteiger partial charge < -0.3 is 15.0 Å². The third-order valence-electron chi connectivity index (χ3n) is 5.64. The number of nitrogens with zero attached hydrogens (tertiary/aromatic N) is 2. The largest absolute Gasteiger partial charge is 0.379 e. The van der Waals surface area contributed by atoms with Crippen molar-refractivity contribution in [1.29, 1.82) is 0 Å². The molecule has 2 saturated heterocycles. The van der Waals surface area contributed by atoms with Gasteiger partial charge in [0.2, 0.25) is 21.8 Å². The van der Waals surface area contributed by atoms with Gasteiger partial charge in [-0.25, -0.2) is 8.42 Å². The Morgan fingerprint density at radius 2 is 1.81 bits per heavy atom. The number of hydrogen-bond donors (Lipinski definition) is 1. The van der Waals surface area contributed by atoms with Gasteiger partial charge in [0.1, 0.15) is 0 Å². The van der Waals surface area contributed by atoms with Crippen molar-refractivity contribution in [2.75, 3.05) is 43.1 Å². The zero-order valence-corrected chi connectivity index (χ0v) is 19.2. The van der Waals surface area contributed by atoms with Crippen LogP contribution in [0.3, 0.4) is 0 Å². The highest BCUT2D eigenvalue weighted by molar-refractivity contribution is 7.89. The number of anilines is 2. The highest BCUT2D eigenvalue weighted by atomic mass is 35.5. The second-order valence-corrected chi connectivity index (χ2v) is 10.2. The maximum atomic E-state index is 12.9. The summed E-state index contributed by atoms with van der Waals surface area (Å²) in [6.45, 7) is 3.42. The predicted molar refractivity (Wildman–Crippen MR) is 121 cm³/mol. The van der Waals surface area contributed by atoms with Crippen molar-refractivity contribution in [3.63, 3.8) is 0 Å². The lowest BCUT2D eigenvalue weighted by Gasteiger charge is -2.26. The van der Waals surface area contributed by atoms with Crippen LogP contribution in [0.5, 0.6) is 0 Å². The maximum absolute atomic E-state index is 12.9. The molecule has 1 unspecified atom stereocenters. The lowest BCUT2D eigenvalue weighted by atomic mass is 10.1. The number of carbonyl (C=O) groups is 2. The van der Waals surface area contributed by atoms with Crippen LogP contribution in [0.15, 0.2) is 47.4 Å². The van der Waals surface area contributed by atoms with E-state index in [4.69, 9.17) is 16.3 Å². The SMILES string of the molecule is Cc1ccc(N2CC(C(=O)Nc3cc(S(=O)(=O)N4CCOCC4)ccc3Cl)CC2=O)cc1. The van der Waals surface area contributed by atoms with Crippen molar-refractivity contribution in [1.82, 2.24) is 4.31 Å². The molecule has 0 bridgehead atoms. The molecule has 32 heavy (non-hydrogen) atoms. The van der Waals surface area contributed by atoms with Crippen LogP contribution < -0.4 is 10.2 Å². The van der Waals surface area contributed by atoms with E-state index >= 15 is 0 Å². The first kappa shape index (κ1) is 22.7. The van der Waals surface area contributed by atoms with E-state index in [0.29, 0.717) is 13.2 Å². The van der Waals surface area contributed by atoms with Crippen LogP contribution in [0, 0.1) is 12.8 Å². The van der Waals surface area contributed by atoms with Crippen LogP contribution >= 0.6 is 11.6 Å². The number of halogens is 1. The van der Waals surface area contributed by atoms with Crippen molar-refractivity contribution >= 4 is 44.8 Å². The molecule has 1 N–H and O–H groups in total. The molecule has 2 amide bonds. The summed E-state index contributed by atoms with van der Waals surface area (Å²) in [7, 11) is -3.73. The highest BCUT2D eigenvalue weighted by Crippen LogP contribution is 2.30. The van der Waals surface area contributed by atoms with Gasteiger partial charge >= 0.3 is 0 Å². The summed E-state index contributed by atoms with van der Waals surface area (Å²) in [5.41, 5.74) is 2.02. The highest BCUT2D eigenvalue weighted by Gasteiger charge is 2.35. The van der Waals surface area contributed by atoms with Crippen LogP contribution in [0.25, 0.3) is 0 Å². The number of carbonyl (C=O) groups excluding carboxylic acids is 2. The molecule has 2 aliphatic rings. The van der Waals surface area contributed by atoms with Crippen molar-refractivity contribution in [3.8, 4) is 0 Å². The van der Waals surface area contributed by atoms with Crippen molar-refractivity contribution in [2.45, 2.75) is 18.2 Å². The molecular formula is C22H24ClN3O5S. The number of amides is 2. The molecule has 0 radical (unpaired) electrons. The van der Waals surface area contributed by atoms with E-state index < -0.39 is 15.9 Å². The Labute approximate surface area is 192 Å². The maximum Gasteiger partial charge on any atom is 0.243 e. The zero-order chi connectivity index (χ0) is 22.9. The molecular weight excluding hydrogens is 454 g/mol. The molecule has 4 rings (SSSR count). The summed E-state index contributed by atoms with van der Waals surface area (Å²) in [6, 6.07) is 11.8. The molecule has 2 heterocycles. The third kappa shape index (κ3) is 4.66. The fourth-order valence-corrected chi connectivity index (χ4v) is 5.39. The molecule has 2 aromatic rings. The molecule has 2 aromatic carbocycles. The third-order valence-corrected chi connectivity index (χ3v) is 7.87. The van der Waals surface area contributed by atoms with Crippen LogP contribution in [0.4, 0.5) is 11.4 Å². The van der Waals surface area contributed by atoms with Gasteiger partial charge in [0.15, 0.2) is 0 Å². The van der Waals surface area contributed by atoms with Crippen molar-refractivity contribution in [2.24, 2.45) is 5.92 Å². The number of rotatable bonds is 5. The molecule has 0 spiro atoms. The Balaban J connectivity index is 1.49. The number of benzene rings is 2. The van der Waals surface area contributed by atoms with Gasteiger partial charge in [0, 0.05) is 31.7 Å². The molecule has 0 aromatic heterocycles. The van der Waals surface area contributed by atoms with Crippen LogP contribution in [0.2, 0.25) is 5.02 Å². The monoisotopic (exact) mass is 477 g/mol. The zero-order valence-electron chi connectivity index (χ0n) is 17.6. The number of ether oxygens (including phenoxy) is 1. The van der Waals surface area contributed by atoms with Gasteiger partial charge in [-0.15, -0.1) is 0 Å². The van der Waals surface area contributed by atoms with Gasteiger partial charge in [0.25, 0.3) is 0 Å². The average Bonchev–Trinajstić information content (AvgIpc) is 3.18. The van der Waals surface area contributed by atoms with E-state index in [1.54, 1.807) is 4.90 Å². The summed E-state index contributed by atoms with van der Waals surface area (Å²) in [5, 5.41) is 2.93. The summed E-state index contributed by atoms with van der Waals surface area (Å²) in [4.78, 5) is 27.0. The van der Waals surface area contributed by atoms with Crippen molar-refractivity contribution < 1.29 is 22.7 Å². The van der Waals surface area contributed by atoms with Gasteiger partial charge in [-0.1, -0.05) is 29.3 Å². The molecule has 0 aliphatic carbocycles. The number of hydrogen-bond acceptors (Lipinski definition) is 5. The summed E-state index contributed by atoms with van der Waals surface area (Å²) in [5.74, 6) is -1.08. The van der Waals surface area contributed by atoms with Gasteiger partial charge in [-0.3, -0.25) is 9.59 Å². The first-order chi connectivity index (χ1) is 15.3. The molecule has 8 nitrogen and oxygen atoms in total. The lowest BCUT2D eigenvalue weighted by Crippen LogP contribution is -2.40. The molecule has 10 heteroatoms. The number of aryl methyl sites for hydroxylation is 1. The first-order valence-corrected chi connectivity index (χ1v) is 12.1. The quantitative estimate of drug-likeness (QED) is 0.714. The summed E-state index contributed by atoms with van der Waals surface area (Å²) < 4.78 is 32.4. The minimum Gasteiger partial charge on any atom is -0.379 e. The van der Waals surface area contributed by atoms with Gasteiger partial charge in [0.05, 0.1) is 34.7 Å². The lowest BCUT2D eigenvalue weighted by molar-refractivity contribution is -0.122. The normalized spacial score (nSPS) is 19.9. The number of sulfonamides is 1. The van der Waals surface area contributed by atoms with E-state index in [0.717, 1.165) is 11.3 Å². The molecule has 170 valence electrons. The fraction of sp³-hybridized carbons (Fsp3) is 0.364. The van der Waals surface area contributed by atoms with Gasteiger partial charge in [-0.2, -0.15) is 4.31 Å². The average molecular weight is 478 g/mol. The topological polar surface area (TPSA) is 96.0 Å². The standard InChI is InChI=1S/C22H24ClN3O5S/c1-15-2-4-17(5-3-15)26-14-16(12-21(26)27)22(28)24-20-13-18(6-7-19(20)23)32(29,30)25-8-10-31-11-9-25/h2-7,13,16H,8-12,14H2,1H3,(H,24,28). The Morgan fingerprint density at radius 3 is 2.50 bits per heavy atom. The Morgan fingerprint density at radius 1 is 1.12 bits per heavy atom. The Kier molecular flexibility index (Phi) is 6.52. The minimum atomic E-state index is -3.73. The van der Waals surface area contributed by atoms with E-state index in [2.05, 4.69) is 5.32 Å². The van der Waals surface area contributed by atoms with E-state index in [1.165, 1.54) is 22.5 Å². The number of morpholine rings is 1. The number of nitrogens with one attached hydrogen (secondary N) is 1. The minimum absolute atomic E-state index is 0.0443. The van der Waals surface area contributed by atoms with Crippen LogP contribution in [-0.2, 0) is 24.3 Å². The predicted octanol–water partition coefficient (Wildman–Crippen LogP) is 2.66. The Hall–Kier alpha value is -2.46. The fourth-order valence-electron chi connectivity index (χ4n) is 3.79. The van der Waals surface area contributed by atoms with Crippen LogP contribution in [0.1, 0.15) is 12.0 Å². The second-order valence-electron chi connectivity index (χ2n) is 7.89. The van der Waals surface area contributed by atoms with Crippen LogP contribution in [-0.4, -0.2) is 57.4 Å². The molecule has 2 aliphatic heterocycles. The van der Waals surface area contributed by atoms with Gasteiger partial charge in [-0.05, 0) is 37.3 Å². The molecule has 0 saturated carbocycles. The van der Waals surface area contributed by atoms with E-state index in [-0.39, 0.29) is 53.5 Å². The first-order valence-electron chi connectivity index (χ1n) is 10.3.